The topological polar surface area (TPSA) is 66.4 Å². The Bertz CT molecular complexity index is 740. The monoisotopic (exact) mass is 329 g/mol. The highest BCUT2D eigenvalue weighted by atomic mass is 32.2. The summed E-state index contributed by atoms with van der Waals surface area (Å²) in [7, 11) is -3.82. The summed E-state index contributed by atoms with van der Waals surface area (Å²) < 4.78 is 41.1. The lowest BCUT2D eigenvalue weighted by atomic mass is 10.1. The van der Waals surface area contributed by atoms with E-state index >= 15 is 0 Å². The maximum absolute atomic E-state index is 13.7. The minimum absolute atomic E-state index is 0.0817. The third-order valence-electron chi connectivity index (χ3n) is 3.11. The molecule has 2 N–H and O–H groups in total. The molecule has 1 heterocycles. The Morgan fingerprint density at radius 1 is 1.38 bits per heavy atom. The van der Waals surface area contributed by atoms with Crippen LogP contribution in [-0.4, -0.2) is 13.5 Å². The maximum Gasteiger partial charge on any atom is 0.242 e. The van der Waals surface area contributed by atoms with Gasteiger partial charge in [-0.25, -0.2) is 17.5 Å². The number of aliphatic hydroxyl groups is 1. The van der Waals surface area contributed by atoms with Crippen molar-refractivity contribution in [2.24, 2.45) is 0 Å². The van der Waals surface area contributed by atoms with Gasteiger partial charge in [-0.3, -0.25) is 0 Å². The van der Waals surface area contributed by atoms with Crippen molar-refractivity contribution in [3.05, 3.63) is 51.5 Å². The van der Waals surface area contributed by atoms with Gasteiger partial charge in [-0.15, -0.1) is 11.3 Å². The van der Waals surface area contributed by atoms with Gasteiger partial charge in [-0.1, -0.05) is 18.2 Å². The lowest BCUT2D eigenvalue weighted by Crippen LogP contribution is -2.28. The van der Waals surface area contributed by atoms with Crippen molar-refractivity contribution < 1.29 is 17.9 Å². The molecule has 0 aliphatic carbocycles. The van der Waals surface area contributed by atoms with Crippen LogP contribution >= 0.6 is 11.3 Å². The third-order valence-corrected chi connectivity index (χ3v) is 6.09. The zero-order chi connectivity index (χ0) is 15.6. The SMILES string of the molecule is Cc1csc(CO)c1S(=O)(=O)NC(C)c1ccccc1F. The van der Waals surface area contributed by atoms with Gasteiger partial charge in [0, 0.05) is 11.6 Å². The van der Waals surface area contributed by atoms with Crippen LogP contribution in [0.4, 0.5) is 4.39 Å². The van der Waals surface area contributed by atoms with Crippen molar-refractivity contribution in [3.63, 3.8) is 0 Å². The summed E-state index contributed by atoms with van der Waals surface area (Å²) in [6.45, 7) is 2.90. The zero-order valence-electron chi connectivity index (χ0n) is 11.6. The Labute approximate surface area is 127 Å². The van der Waals surface area contributed by atoms with Gasteiger partial charge in [0.1, 0.15) is 10.7 Å². The second kappa shape index (κ2) is 6.23. The molecule has 7 heteroatoms. The molecule has 2 rings (SSSR count). The molecule has 0 radical (unpaired) electrons. The Balaban J connectivity index is 2.34. The molecule has 21 heavy (non-hydrogen) atoms. The first kappa shape index (κ1) is 16.1. The predicted molar refractivity (Wildman–Crippen MR) is 80.1 cm³/mol. The second-order valence-electron chi connectivity index (χ2n) is 4.69. The fourth-order valence-corrected chi connectivity index (χ4v) is 5.02. The quantitative estimate of drug-likeness (QED) is 0.886. The average Bonchev–Trinajstić information content (AvgIpc) is 2.80. The van der Waals surface area contributed by atoms with Crippen molar-refractivity contribution in [3.8, 4) is 0 Å². The molecule has 1 unspecified atom stereocenters. The number of aryl methyl sites for hydroxylation is 1. The predicted octanol–water partition coefficient (Wildman–Crippen LogP) is 2.73. The molecule has 0 bridgehead atoms. The Morgan fingerprint density at radius 2 is 2.05 bits per heavy atom. The van der Waals surface area contributed by atoms with E-state index < -0.39 is 21.9 Å². The Morgan fingerprint density at radius 3 is 2.67 bits per heavy atom. The molecule has 1 aromatic heterocycles. The minimum atomic E-state index is -3.82. The molecule has 1 aromatic carbocycles. The molecule has 0 spiro atoms. The first-order valence-corrected chi connectivity index (χ1v) is 8.67. The normalized spacial score (nSPS) is 13.3. The van der Waals surface area contributed by atoms with Gasteiger partial charge in [-0.2, -0.15) is 0 Å². The molecule has 0 aliphatic rings. The smallest absolute Gasteiger partial charge is 0.242 e. The summed E-state index contributed by atoms with van der Waals surface area (Å²) >= 11 is 1.19. The molecule has 0 saturated carbocycles. The molecule has 0 fully saturated rings. The fourth-order valence-electron chi connectivity index (χ4n) is 2.14. The van der Waals surface area contributed by atoms with Crippen molar-refractivity contribution in [2.75, 3.05) is 0 Å². The van der Waals surface area contributed by atoms with Crippen LogP contribution in [0.3, 0.4) is 0 Å². The number of benzene rings is 1. The van der Waals surface area contributed by atoms with Gasteiger partial charge < -0.3 is 5.11 Å². The lowest BCUT2D eigenvalue weighted by Gasteiger charge is -2.16. The van der Waals surface area contributed by atoms with Crippen molar-refractivity contribution in [1.29, 1.82) is 0 Å². The lowest BCUT2D eigenvalue weighted by molar-refractivity contribution is 0.282. The molecular formula is C14H16FNO3S2. The van der Waals surface area contributed by atoms with E-state index in [1.807, 2.05) is 0 Å². The highest BCUT2D eigenvalue weighted by Crippen LogP contribution is 2.28. The minimum Gasteiger partial charge on any atom is -0.391 e. The van der Waals surface area contributed by atoms with Gasteiger partial charge in [0.2, 0.25) is 10.0 Å². The van der Waals surface area contributed by atoms with Crippen LogP contribution in [0.15, 0.2) is 34.5 Å². The van der Waals surface area contributed by atoms with Crippen LogP contribution in [0.1, 0.15) is 29.0 Å². The third kappa shape index (κ3) is 3.32. The number of hydrogen-bond acceptors (Lipinski definition) is 4. The number of hydrogen-bond donors (Lipinski definition) is 2. The average molecular weight is 329 g/mol. The Hall–Kier alpha value is -1.28. The van der Waals surface area contributed by atoms with Crippen LogP contribution in [-0.2, 0) is 16.6 Å². The highest BCUT2D eigenvalue weighted by molar-refractivity contribution is 7.89. The first-order valence-electron chi connectivity index (χ1n) is 6.31. The van der Waals surface area contributed by atoms with E-state index in [0.717, 1.165) is 0 Å². The maximum atomic E-state index is 13.7. The van der Waals surface area contributed by atoms with Crippen LogP contribution in [0, 0.1) is 12.7 Å². The van der Waals surface area contributed by atoms with Crippen LogP contribution in [0.5, 0.6) is 0 Å². The van der Waals surface area contributed by atoms with Crippen molar-refractivity contribution in [2.45, 2.75) is 31.4 Å². The number of rotatable bonds is 5. The van der Waals surface area contributed by atoms with E-state index in [2.05, 4.69) is 4.72 Å². The van der Waals surface area contributed by atoms with Gasteiger partial charge in [0.25, 0.3) is 0 Å². The molecular weight excluding hydrogens is 313 g/mol. The Kier molecular flexibility index (Phi) is 4.77. The number of thiophene rings is 1. The van der Waals surface area contributed by atoms with E-state index in [0.29, 0.717) is 10.4 Å². The summed E-state index contributed by atoms with van der Waals surface area (Å²) in [6, 6.07) is 5.32. The van der Waals surface area contributed by atoms with Crippen molar-refractivity contribution in [1.82, 2.24) is 4.72 Å². The van der Waals surface area contributed by atoms with E-state index in [1.165, 1.54) is 23.5 Å². The number of sulfonamides is 1. The second-order valence-corrected chi connectivity index (χ2v) is 7.31. The van der Waals surface area contributed by atoms with Gasteiger partial charge >= 0.3 is 0 Å². The number of aliphatic hydroxyl groups excluding tert-OH is 1. The molecule has 0 aliphatic heterocycles. The van der Waals surface area contributed by atoms with Crippen molar-refractivity contribution >= 4 is 21.4 Å². The molecule has 1 atom stereocenters. The number of nitrogens with one attached hydrogen (secondary N) is 1. The summed E-state index contributed by atoms with van der Waals surface area (Å²) in [4.78, 5) is 0.457. The molecule has 114 valence electrons. The van der Waals surface area contributed by atoms with E-state index in [1.54, 1.807) is 31.4 Å². The fraction of sp³-hybridized carbons (Fsp3) is 0.286. The van der Waals surface area contributed by atoms with Crippen LogP contribution < -0.4 is 4.72 Å². The summed E-state index contributed by atoms with van der Waals surface area (Å²) in [6.07, 6.45) is 0. The molecule has 4 nitrogen and oxygen atoms in total. The summed E-state index contributed by atoms with van der Waals surface area (Å²) in [5.41, 5.74) is 0.844. The molecule has 2 aromatic rings. The zero-order valence-corrected chi connectivity index (χ0v) is 13.3. The van der Waals surface area contributed by atoms with Gasteiger partial charge in [0.15, 0.2) is 0 Å². The van der Waals surface area contributed by atoms with E-state index in [9.17, 15) is 17.9 Å². The molecule has 0 saturated heterocycles. The van der Waals surface area contributed by atoms with Gasteiger partial charge in [0.05, 0.1) is 11.5 Å². The van der Waals surface area contributed by atoms with Crippen LogP contribution in [0.2, 0.25) is 0 Å². The summed E-state index contributed by atoms with van der Waals surface area (Å²) in [5, 5.41) is 10.9. The number of halogens is 1. The highest BCUT2D eigenvalue weighted by Gasteiger charge is 2.25. The molecule has 0 amide bonds. The standard InChI is InChI=1S/C14H16FNO3S2/c1-9-8-20-13(7-17)14(9)21(18,19)16-10(2)11-5-3-4-6-12(11)15/h3-6,8,10,16-17H,7H2,1-2H3. The van der Waals surface area contributed by atoms with E-state index in [4.69, 9.17) is 0 Å². The summed E-state index contributed by atoms with van der Waals surface area (Å²) in [5.74, 6) is -0.461. The first-order chi connectivity index (χ1) is 9.86. The van der Waals surface area contributed by atoms with Crippen LogP contribution in [0.25, 0.3) is 0 Å². The van der Waals surface area contributed by atoms with Gasteiger partial charge in [-0.05, 0) is 30.9 Å². The largest absolute Gasteiger partial charge is 0.391 e. The van der Waals surface area contributed by atoms with E-state index in [-0.39, 0.29) is 17.1 Å².